The third-order valence-electron chi connectivity index (χ3n) is 10.4. The van der Waals surface area contributed by atoms with Crippen molar-refractivity contribution in [2.45, 2.75) is 96.2 Å². The van der Waals surface area contributed by atoms with Gasteiger partial charge in [-0.3, -0.25) is 4.79 Å². The number of hydrogen-bond donors (Lipinski definition) is 1. The van der Waals surface area contributed by atoms with Gasteiger partial charge in [0.25, 0.3) is 0 Å². The van der Waals surface area contributed by atoms with Gasteiger partial charge in [0, 0.05) is 13.0 Å². The van der Waals surface area contributed by atoms with Crippen LogP contribution in [0.25, 0.3) is 0 Å². The summed E-state index contributed by atoms with van der Waals surface area (Å²) in [5, 5.41) is 10.2. The number of rotatable bonds is 2. The second kappa shape index (κ2) is 6.41. The molecule has 0 aromatic carbocycles. The minimum atomic E-state index is -0.252. The molecule has 0 heterocycles. The summed E-state index contributed by atoms with van der Waals surface area (Å²) in [4.78, 5) is 13.4. The highest BCUT2D eigenvalue weighted by atomic mass is 16.5. The Morgan fingerprint density at radius 3 is 2.46 bits per heavy atom. The molecule has 156 valence electrons. The molecule has 28 heavy (non-hydrogen) atoms. The molecular weight excluding hydrogens is 348 g/mol. The van der Waals surface area contributed by atoms with Gasteiger partial charge in [-0.25, -0.2) is 0 Å². The molecule has 0 aromatic rings. The Bertz CT molecular complexity index is 690. The molecule has 4 fully saturated rings. The number of carbonyl (C=O) groups excluding carboxylic acids is 1. The first kappa shape index (κ1) is 19.3. The molecule has 3 heteroatoms. The quantitative estimate of drug-likeness (QED) is 0.721. The molecule has 5 rings (SSSR count). The first-order valence-electron chi connectivity index (χ1n) is 11.8. The first-order valence-corrected chi connectivity index (χ1v) is 11.8. The molecule has 0 spiro atoms. The van der Waals surface area contributed by atoms with Crippen molar-refractivity contribution >= 4 is 5.78 Å². The number of hydrogen-bond acceptors (Lipinski definition) is 3. The van der Waals surface area contributed by atoms with E-state index in [1.54, 1.807) is 0 Å². The number of carbonyl (C=O) groups is 1. The van der Waals surface area contributed by atoms with Crippen molar-refractivity contribution in [3.05, 3.63) is 11.6 Å². The van der Waals surface area contributed by atoms with Crippen LogP contribution in [0.3, 0.4) is 0 Å². The lowest BCUT2D eigenvalue weighted by atomic mass is 9.46. The van der Waals surface area contributed by atoms with E-state index in [0.29, 0.717) is 30.0 Å². The monoisotopic (exact) mass is 386 g/mol. The fourth-order valence-corrected chi connectivity index (χ4v) is 8.92. The van der Waals surface area contributed by atoms with Gasteiger partial charge in [-0.1, -0.05) is 32.3 Å². The molecule has 2 unspecified atom stereocenters. The van der Waals surface area contributed by atoms with E-state index in [1.165, 1.54) is 56.9 Å². The predicted octanol–water partition coefficient (Wildman–Crippen LogP) is 5.06. The Kier molecular flexibility index (Phi) is 4.42. The molecule has 0 bridgehead atoms. The third-order valence-corrected chi connectivity index (χ3v) is 10.4. The van der Waals surface area contributed by atoms with E-state index >= 15 is 0 Å². The maximum Gasteiger partial charge on any atom is 0.159 e. The van der Waals surface area contributed by atoms with E-state index in [-0.39, 0.29) is 28.5 Å². The largest absolute Gasteiger partial charge is 0.393 e. The Labute approximate surface area is 170 Å². The maximum absolute atomic E-state index is 13.4. The average Bonchev–Trinajstić information content (AvgIpc) is 3.28. The van der Waals surface area contributed by atoms with Crippen LogP contribution in [0.15, 0.2) is 11.6 Å². The molecule has 4 saturated carbocycles. The van der Waals surface area contributed by atoms with Crippen molar-refractivity contribution in [1.29, 1.82) is 0 Å². The van der Waals surface area contributed by atoms with Gasteiger partial charge in [0.1, 0.15) is 0 Å². The van der Waals surface area contributed by atoms with Crippen LogP contribution in [0.4, 0.5) is 0 Å². The zero-order chi connectivity index (χ0) is 19.7. The Morgan fingerprint density at radius 1 is 1.00 bits per heavy atom. The van der Waals surface area contributed by atoms with E-state index in [9.17, 15) is 9.90 Å². The lowest BCUT2D eigenvalue weighted by molar-refractivity contribution is -0.144. The van der Waals surface area contributed by atoms with Gasteiger partial charge in [0.15, 0.2) is 5.78 Å². The molecule has 0 saturated heterocycles. The second-order valence-corrected chi connectivity index (χ2v) is 11.3. The molecule has 0 radical (unpaired) electrons. The Balaban J connectivity index is 1.50. The van der Waals surface area contributed by atoms with Crippen LogP contribution in [0, 0.1) is 34.5 Å². The number of fused-ring (bicyclic) bond motifs is 5. The summed E-state index contributed by atoms with van der Waals surface area (Å²) in [6.45, 7) is 4.90. The van der Waals surface area contributed by atoms with Gasteiger partial charge in [0.05, 0.1) is 11.7 Å². The second-order valence-electron chi connectivity index (χ2n) is 11.3. The first-order chi connectivity index (χ1) is 13.3. The maximum atomic E-state index is 13.4. The van der Waals surface area contributed by atoms with Gasteiger partial charge < -0.3 is 9.84 Å². The summed E-state index contributed by atoms with van der Waals surface area (Å²) in [7, 11) is 1.93. The summed E-state index contributed by atoms with van der Waals surface area (Å²) >= 11 is 0. The SMILES string of the molecule is COC1(C2CC[C@H]3[C@@H]4C(=O)C=C5CC(O)CC[C@]5(C)[C@@H]4CC[C@]23C)CCCC1. The van der Waals surface area contributed by atoms with Crippen LogP contribution >= 0.6 is 0 Å². The molecule has 7 atom stereocenters. The molecule has 0 aromatic heterocycles. The molecule has 0 aliphatic heterocycles. The highest BCUT2D eigenvalue weighted by Crippen LogP contribution is 2.68. The fourth-order valence-electron chi connectivity index (χ4n) is 8.92. The molecule has 1 N–H and O–H groups in total. The number of aliphatic hydroxyl groups is 1. The van der Waals surface area contributed by atoms with E-state index in [0.717, 1.165) is 12.8 Å². The topological polar surface area (TPSA) is 46.5 Å². The Hall–Kier alpha value is -0.670. The van der Waals surface area contributed by atoms with Gasteiger partial charge in [-0.2, -0.15) is 0 Å². The number of ether oxygens (including phenoxy) is 1. The summed E-state index contributed by atoms with van der Waals surface area (Å²) < 4.78 is 6.25. The molecule has 3 nitrogen and oxygen atoms in total. The number of allylic oxidation sites excluding steroid dienone is 1. The smallest absolute Gasteiger partial charge is 0.159 e. The van der Waals surface area contributed by atoms with Crippen molar-refractivity contribution in [3.63, 3.8) is 0 Å². The number of ketones is 1. The van der Waals surface area contributed by atoms with Crippen LogP contribution in [0.1, 0.15) is 84.5 Å². The van der Waals surface area contributed by atoms with E-state index in [1.807, 2.05) is 13.2 Å². The van der Waals surface area contributed by atoms with Crippen LogP contribution in [0.2, 0.25) is 0 Å². The minimum absolute atomic E-state index is 0.0634. The minimum Gasteiger partial charge on any atom is -0.393 e. The van der Waals surface area contributed by atoms with Gasteiger partial charge >= 0.3 is 0 Å². The predicted molar refractivity (Wildman–Crippen MR) is 110 cm³/mol. The summed E-state index contributed by atoms with van der Waals surface area (Å²) in [5.74, 6) is 2.17. The van der Waals surface area contributed by atoms with Crippen molar-refractivity contribution < 1.29 is 14.6 Å². The van der Waals surface area contributed by atoms with E-state index in [2.05, 4.69) is 13.8 Å². The van der Waals surface area contributed by atoms with Gasteiger partial charge in [-0.15, -0.1) is 0 Å². The number of aliphatic hydroxyl groups excluding tert-OH is 1. The van der Waals surface area contributed by atoms with E-state index in [4.69, 9.17) is 4.74 Å². The molecular formula is C25H38O3. The number of methoxy groups -OCH3 is 1. The van der Waals surface area contributed by atoms with Crippen LogP contribution < -0.4 is 0 Å². The average molecular weight is 387 g/mol. The highest BCUT2D eigenvalue weighted by molar-refractivity contribution is 5.94. The van der Waals surface area contributed by atoms with E-state index < -0.39 is 0 Å². The molecule has 5 aliphatic rings. The third kappa shape index (κ3) is 2.44. The fraction of sp³-hybridized carbons (Fsp3) is 0.880. The lowest BCUT2D eigenvalue weighted by Gasteiger charge is -2.58. The van der Waals surface area contributed by atoms with Gasteiger partial charge in [-0.05, 0) is 92.4 Å². The summed E-state index contributed by atoms with van der Waals surface area (Å²) in [5.41, 5.74) is 1.68. The van der Waals surface area contributed by atoms with Crippen molar-refractivity contribution in [2.75, 3.05) is 7.11 Å². The van der Waals surface area contributed by atoms with Crippen molar-refractivity contribution in [3.8, 4) is 0 Å². The highest BCUT2D eigenvalue weighted by Gasteiger charge is 2.64. The zero-order valence-corrected chi connectivity index (χ0v) is 18.0. The lowest BCUT2D eigenvalue weighted by Crippen LogP contribution is -2.55. The normalized spacial score (nSPS) is 49.9. The van der Waals surface area contributed by atoms with Gasteiger partial charge in [0.2, 0.25) is 0 Å². The Morgan fingerprint density at radius 2 is 1.75 bits per heavy atom. The summed E-state index contributed by atoms with van der Waals surface area (Å²) in [6.07, 6.45) is 14.2. The standard InChI is InChI=1S/C25H38O3/c1-23-12-8-17(26)14-16(23)15-20(27)22-18-6-7-21(24(18,2)13-9-19(22)23)25(28-3)10-4-5-11-25/h15,17-19,21-22,26H,4-14H2,1-3H3/t17?,18-,19+,21?,22-,23-,24-/m0/s1. The van der Waals surface area contributed by atoms with Crippen LogP contribution in [-0.2, 0) is 9.53 Å². The van der Waals surface area contributed by atoms with Crippen molar-refractivity contribution in [2.24, 2.45) is 34.5 Å². The molecule has 0 amide bonds. The van der Waals surface area contributed by atoms with Crippen molar-refractivity contribution in [1.82, 2.24) is 0 Å². The molecule has 5 aliphatic carbocycles. The van der Waals surface area contributed by atoms with Crippen LogP contribution in [0.5, 0.6) is 0 Å². The zero-order valence-electron chi connectivity index (χ0n) is 18.0. The summed E-state index contributed by atoms with van der Waals surface area (Å²) in [6, 6.07) is 0. The van der Waals surface area contributed by atoms with Crippen LogP contribution in [-0.4, -0.2) is 29.7 Å².